The summed E-state index contributed by atoms with van der Waals surface area (Å²) in [7, 11) is 1.35. The zero-order chi connectivity index (χ0) is 12.8. The van der Waals surface area contributed by atoms with Crippen molar-refractivity contribution in [3.8, 4) is 5.75 Å². The molecule has 4 nitrogen and oxygen atoms in total. The molecule has 0 aromatic heterocycles. The summed E-state index contributed by atoms with van der Waals surface area (Å²) in [6, 6.07) is 3.08. The minimum Gasteiger partial charge on any atom is -0.491 e. The largest absolute Gasteiger partial charge is 0.491 e. The van der Waals surface area contributed by atoms with Crippen molar-refractivity contribution in [2.45, 2.75) is 12.8 Å². The molecule has 2 N–H and O–H groups in total. The summed E-state index contributed by atoms with van der Waals surface area (Å²) in [5.41, 5.74) is 6.11. The topological polar surface area (TPSA) is 61.5 Å². The number of hydrogen-bond donors (Lipinski definition) is 1. The lowest BCUT2D eigenvalue weighted by Gasteiger charge is -2.09. The third kappa shape index (κ3) is 4.32. The maximum Gasteiger partial charge on any atom is 0.305 e. The molecule has 0 unspecified atom stereocenters. The molecule has 1 aromatic carbocycles. The van der Waals surface area contributed by atoms with E-state index in [1.165, 1.54) is 13.2 Å². The summed E-state index contributed by atoms with van der Waals surface area (Å²) in [5.74, 6) is 0.194. The summed E-state index contributed by atoms with van der Waals surface area (Å²) in [4.78, 5) is 10.8. The van der Waals surface area contributed by atoms with Gasteiger partial charge in [-0.2, -0.15) is 0 Å². The standard InChI is InChI=1S/C11H13Cl2NO3/c1-16-11(15)3-2-4-17-10-6-8(13)7(12)5-9(10)14/h5-6H,2-4,14H2,1H3. The Kier molecular flexibility index (Phi) is 5.38. The molecular weight excluding hydrogens is 265 g/mol. The predicted octanol–water partition coefficient (Wildman–Crippen LogP) is 2.91. The Hall–Kier alpha value is -1.13. The Labute approximate surface area is 110 Å². The van der Waals surface area contributed by atoms with Gasteiger partial charge in [0.05, 0.1) is 29.4 Å². The molecule has 0 aliphatic carbocycles. The first kappa shape index (κ1) is 13.9. The Morgan fingerprint density at radius 2 is 2.00 bits per heavy atom. The number of hydrogen-bond acceptors (Lipinski definition) is 4. The van der Waals surface area contributed by atoms with Crippen molar-refractivity contribution >= 4 is 34.9 Å². The molecular formula is C11H13Cl2NO3. The Morgan fingerprint density at radius 3 is 2.65 bits per heavy atom. The molecule has 0 aliphatic heterocycles. The number of ether oxygens (including phenoxy) is 2. The third-order valence-electron chi connectivity index (χ3n) is 2.06. The molecule has 0 bridgehead atoms. The van der Waals surface area contributed by atoms with Crippen molar-refractivity contribution in [1.82, 2.24) is 0 Å². The molecule has 0 amide bonds. The van der Waals surface area contributed by atoms with E-state index in [-0.39, 0.29) is 5.97 Å². The summed E-state index contributed by atoms with van der Waals surface area (Å²) < 4.78 is 9.89. The van der Waals surface area contributed by atoms with E-state index in [9.17, 15) is 4.79 Å². The van der Waals surface area contributed by atoms with Gasteiger partial charge in [-0.25, -0.2) is 0 Å². The van der Waals surface area contributed by atoms with E-state index in [4.69, 9.17) is 33.7 Å². The van der Waals surface area contributed by atoms with Gasteiger partial charge < -0.3 is 15.2 Å². The molecule has 94 valence electrons. The predicted molar refractivity (Wildman–Crippen MR) is 67.6 cm³/mol. The maximum atomic E-state index is 10.8. The lowest BCUT2D eigenvalue weighted by molar-refractivity contribution is -0.140. The first-order valence-electron chi connectivity index (χ1n) is 4.98. The van der Waals surface area contributed by atoms with E-state index in [1.54, 1.807) is 6.07 Å². The van der Waals surface area contributed by atoms with E-state index in [1.807, 2.05) is 0 Å². The van der Waals surface area contributed by atoms with E-state index >= 15 is 0 Å². The smallest absolute Gasteiger partial charge is 0.305 e. The van der Waals surface area contributed by atoms with Crippen LogP contribution in [0.5, 0.6) is 5.75 Å². The van der Waals surface area contributed by atoms with Crippen molar-refractivity contribution in [2.24, 2.45) is 0 Å². The van der Waals surface area contributed by atoms with Gasteiger partial charge in [0.1, 0.15) is 5.75 Å². The second kappa shape index (κ2) is 6.57. The molecule has 1 aromatic rings. The van der Waals surface area contributed by atoms with Gasteiger partial charge >= 0.3 is 5.97 Å². The number of methoxy groups -OCH3 is 1. The molecule has 1 rings (SSSR count). The average Bonchev–Trinajstić information content (AvgIpc) is 2.30. The fourth-order valence-electron chi connectivity index (χ4n) is 1.17. The molecule has 0 heterocycles. The minimum absolute atomic E-state index is 0.268. The first-order chi connectivity index (χ1) is 8.04. The van der Waals surface area contributed by atoms with Gasteiger partial charge in [-0.15, -0.1) is 0 Å². The first-order valence-corrected chi connectivity index (χ1v) is 5.74. The van der Waals surface area contributed by atoms with Gasteiger partial charge in [0.15, 0.2) is 0 Å². The van der Waals surface area contributed by atoms with Crippen LogP contribution >= 0.6 is 23.2 Å². The van der Waals surface area contributed by atoms with Gasteiger partial charge in [-0.1, -0.05) is 23.2 Å². The van der Waals surface area contributed by atoms with Crippen LogP contribution in [0.25, 0.3) is 0 Å². The summed E-state index contributed by atoms with van der Waals surface area (Å²) in [5, 5.41) is 0.759. The molecule has 0 spiro atoms. The van der Waals surface area contributed by atoms with Crippen LogP contribution in [0.2, 0.25) is 10.0 Å². The van der Waals surface area contributed by atoms with Crippen molar-refractivity contribution in [3.05, 3.63) is 22.2 Å². The van der Waals surface area contributed by atoms with Crippen LogP contribution in [0, 0.1) is 0 Å². The molecule has 0 aliphatic rings. The van der Waals surface area contributed by atoms with E-state index in [2.05, 4.69) is 4.74 Å². The number of esters is 1. The fraction of sp³-hybridized carbons (Fsp3) is 0.364. The molecule has 0 saturated carbocycles. The van der Waals surface area contributed by atoms with Crippen molar-refractivity contribution in [1.29, 1.82) is 0 Å². The summed E-state index contributed by atoms with van der Waals surface area (Å²) in [6.07, 6.45) is 0.851. The molecule has 0 saturated heterocycles. The van der Waals surface area contributed by atoms with Crippen molar-refractivity contribution in [3.63, 3.8) is 0 Å². The third-order valence-corrected chi connectivity index (χ3v) is 2.79. The molecule has 6 heteroatoms. The van der Waals surface area contributed by atoms with Gasteiger partial charge in [0.2, 0.25) is 0 Å². The van der Waals surface area contributed by atoms with Crippen LogP contribution in [0.3, 0.4) is 0 Å². The van der Waals surface area contributed by atoms with Crippen molar-refractivity contribution in [2.75, 3.05) is 19.5 Å². The summed E-state index contributed by atoms with van der Waals surface area (Å²) >= 11 is 11.6. The second-order valence-electron chi connectivity index (χ2n) is 3.33. The number of nitrogen functional groups attached to an aromatic ring is 1. The van der Waals surface area contributed by atoms with Gasteiger partial charge in [-0.3, -0.25) is 4.79 Å². The zero-order valence-corrected chi connectivity index (χ0v) is 10.8. The number of rotatable bonds is 5. The Balaban J connectivity index is 2.47. The highest BCUT2D eigenvalue weighted by molar-refractivity contribution is 6.42. The van der Waals surface area contributed by atoms with Gasteiger partial charge in [0, 0.05) is 12.5 Å². The second-order valence-corrected chi connectivity index (χ2v) is 4.15. The highest BCUT2D eigenvalue weighted by Gasteiger charge is 2.06. The number of nitrogens with two attached hydrogens (primary N) is 1. The molecule has 0 radical (unpaired) electrons. The zero-order valence-electron chi connectivity index (χ0n) is 9.33. The molecule has 0 fully saturated rings. The number of anilines is 1. The monoisotopic (exact) mass is 277 g/mol. The Bertz CT molecular complexity index is 410. The van der Waals surface area contributed by atoms with Crippen LogP contribution in [0.4, 0.5) is 5.69 Å². The molecule has 17 heavy (non-hydrogen) atoms. The minimum atomic E-state index is -0.268. The van der Waals surface area contributed by atoms with E-state index in [0.29, 0.717) is 40.9 Å². The Morgan fingerprint density at radius 1 is 1.35 bits per heavy atom. The number of halogens is 2. The van der Waals surface area contributed by atoms with Crippen LogP contribution in [0.15, 0.2) is 12.1 Å². The number of carbonyl (C=O) groups is 1. The van der Waals surface area contributed by atoms with Crippen LogP contribution in [-0.4, -0.2) is 19.7 Å². The lowest BCUT2D eigenvalue weighted by atomic mass is 10.3. The summed E-state index contributed by atoms with van der Waals surface area (Å²) in [6.45, 7) is 0.358. The van der Waals surface area contributed by atoms with Crippen molar-refractivity contribution < 1.29 is 14.3 Å². The highest BCUT2D eigenvalue weighted by atomic mass is 35.5. The highest BCUT2D eigenvalue weighted by Crippen LogP contribution is 2.32. The fourth-order valence-corrected chi connectivity index (χ4v) is 1.50. The lowest BCUT2D eigenvalue weighted by Crippen LogP contribution is -2.05. The number of benzene rings is 1. The quantitative estimate of drug-likeness (QED) is 0.511. The SMILES string of the molecule is COC(=O)CCCOc1cc(Cl)c(Cl)cc1N. The maximum absolute atomic E-state index is 10.8. The average molecular weight is 278 g/mol. The van der Waals surface area contributed by atoms with Gasteiger partial charge in [-0.05, 0) is 12.5 Å². The molecule has 0 atom stereocenters. The number of carbonyl (C=O) groups excluding carboxylic acids is 1. The normalized spacial score (nSPS) is 10.1. The van der Waals surface area contributed by atoms with E-state index in [0.717, 1.165) is 0 Å². The van der Waals surface area contributed by atoms with Crippen LogP contribution in [-0.2, 0) is 9.53 Å². The van der Waals surface area contributed by atoms with E-state index < -0.39 is 0 Å². The van der Waals surface area contributed by atoms with Crippen LogP contribution in [0.1, 0.15) is 12.8 Å². The van der Waals surface area contributed by atoms with Crippen LogP contribution < -0.4 is 10.5 Å². The van der Waals surface area contributed by atoms with Gasteiger partial charge in [0.25, 0.3) is 0 Å².